The van der Waals surface area contributed by atoms with Gasteiger partial charge in [-0.25, -0.2) is 14.3 Å². The SMILES string of the molecule is O=C(NO)C(c1ccccc1)c1cccc(-c2cc(F)ccc2F)c1. The van der Waals surface area contributed by atoms with Gasteiger partial charge in [0.15, 0.2) is 0 Å². The van der Waals surface area contributed by atoms with E-state index in [1.165, 1.54) is 0 Å². The number of rotatable bonds is 4. The number of carbonyl (C=O) groups is 1. The number of amides is 1. The van der Waals surface area contributed by atoms with Gasteiger partial charge in [0.1, 0.15) is 11.6 Å². The van der Waals surface area contributed by atoms with Crippen molar-refractivity contribution in [2.45, 2.75) is 5.92 Å². The summed E-state index contributed by atoms with van der Waals surface area (Å²) < 4.78 is 27.5. The summed E-state index contributed by atoms with van der Waals surface area (Å²) in [5.74, 6) is -2.48. The number of carbonyl (C=O) groups excluding carboxylic acids is 1. The van der Waals surface area contributed by atoms with Gasteiger partial charge in [-0.15, -0.1) is 0 Å². The van der Waals surface area contributed by atoms with Crippen LogP contribution in [-0.2, 0) is 4.79 Å². The minimum atomic E-state index is -0.775. The quantitative estimate of drug-likeness (QED) is 0.551. The molecule has 0 aromatic heterocycles. The Labute approximate surface area is 143 Å². The van der Waals surface area contributed by atoms with Gasteiger partial charge in [0.2, 0.25) is 0 Å². The van der Waals surface area contributed by atoms with Crippen LogP contribution in [0.5, 0.6) is 0 Å². The van der Waals surface area contributed by atoms with E-state index in [2.05, 4.69) is 0 Å². The fourth-order valence-electron chi connectivity index (χ4n) is 2.81. The Bertz CT molecular complexity index is 897. The molecular weight excluding hydrogens is 324 g/mol. The third kappa shape index (κ3) is 3.56. The molecule has 25 heavy (non-hydrogen) atoms. The minimum absolute atomic E-state index is 0.109. The highest BCUT2D eigenvalue weighted by Gasteiger charge is 2.23. The number of hydroxylamine groups is 1. The molecule has 0 heterocycles. The Hall–Kier alpha value is -3.05. The Morgan fingerprint density at radius 1 is 0.880 bits per heavy atom. The molecule has 0 aliphatic rings. The van der Waals surface area contributed by atoms with Gasteiger partial charge in [-0.1, -0.05) is 48.5 Å². The molecule has 3 rings (SSSR count). The zero-order valence-electron chi connectivity index (χ0n) is 13.1. The summed E-state index contributed by atoms with van der Waals surface area (Å²) in [5, 5.41) is 9.09. The lowest BCUT2D eigenvalue weighted by Crippen LogP contribution is -2.27. The average molecular weight is 339 g/mol. The molecule has 3 aromatic carbocycles. The maximum atomic E-state index is 14.0. The number of hydrogen-bond donors (Lipinski definition) is 2. The first-order valence-electron chi connectivity index (χ1n) is 7.64. The van der Waals surface area contributed by atoms with Crippen LogP contribution in [0.4, 0.5) is 8.78 Å². The predicted molar refractivity (Wildman–Crippen MR) is 90.0 cm³/mol. The normalized spacial score (nSPS) is 11.8. The number of halogens is 2. The molecule has 0 radical (unpaired) electrons. The molecule has 2 N–H and O–H groups in total. The highest BCUT2D eigenvalue weighted by Crippen LogP contribution is 2.30. The number of benzene rings is 3. The maximum absolute atomic E-state index is 14.0. The van der Waals surface area contributed by atoms with Crippen molar-refractivity contribution in [2.75, 3.05) is 0 Å². The molecule has 0 saturated heterocycles. The van der Waals surface area contributed by atoms with Crippen LogP contribution >= 0.6 is 0 Å². The van der Waals surface area contributed by atoms with Crippen LogP contribution in [-0.4, -0.2) is 11.1 Å². The van der Waals surface area contributed by atoms with Crippen LogP contribution in [0, 0.1) is 11.6 Å². The minimum Gasteiger partial charge on any atom is -0.289 e. The Morgan fingerprint density at radius 3 is 2.32 bits per heavy atom. The van der Waals surface area contributed by atoms with Crippen molar-refractivity contribution in [3.05, 3.63) is 95.6 Å². The Kier molecular flexibility index (Phi) is 4.86. The lowest BCUT2D eigenvalue weighted by Gasteiger charge is -2.17. The molecule has 3 nitrogen and oxygen atoms in total. The van der Waals surface area contributed by atoms with Gasteiger partial charge in [0.05, 0.1) is 5.92 Å². The first-order chi connectivity index (χ1) is 12.1. The van der Waals surface area contributed by atoms with Crippen LogP contribution in [0.3, 0.4) is 0 Å². The van der Waals surface area contributed by atoms with Crippen molar-refractivity contribution in [2.24, 2.45) is 0 Å². The van der Waals surface area contributed by atoms with E-state index in [0.717, 1.165) is 18.2 Å². The number of hydrogen-bond acceptors (Lipinski definition) is 2. The molecule has 0 fully saturated rings. The molecule has 3 aromatic rings. The third-order valence-corrected chi connectivity index (χ3v) is 3.96. The second-order valence-corrected chi connectivity index (χ2v) is 5.57. The van der Waals surface area contributed by atoms with Crippen LogP contribution in [0.1, 0.15) is 17.0 Å². The van der Waals surface area contributed by atoms with E-state index in [-0.39, 0.29) is 5.56 Å². The second kappa shape index (κ2) is 7.23. The summed E-state index contributed by atoms with van der Waals surface area (Å²) >= 11 is 0. The van der Waals surface area contributed by atoms with E-state index in [1.54, 1.807) is 54.0 Å². The van der Waals surface area contributed by atoms with Gasteiger partial charge in [0, 0.05) is 5.56 Å². The highest BCUT2D eigenvalue weighted by atomic mass is 19.1. The number of nitrogens with one attached hydrogen (secondary N) is 1. The molecule has 1 amide bonds. The zero-order valence-corrected chi connectivity index (χ0v) is 13.1. The fraction of sp³-hybridized carbons (Fsp3) is 0.0500. The molecule has 1 unspecified atom stereocenters. The van der Waals surface area contributed by atoms with Crippen molar-refractivity contribution in [1.29, 1.82) is 0 Å². The van der Waals surface area contributed by atoms with Crippen LogP contribution in [0.2, 0.25) is 0 Å². The van der Waals surface area contributed by atoms with Gasteiger partial charge >= 0.3 is 0 Å². The van der Waals surface area contributed by atoms with E-state index in [4.69, 9.17) is 5.21 Å². The average Bonchev–Trinajstić information content (AvgIpc) is 2.65. The van der Waals surface area contributed by atoms with E-state index < -0.39 is 23.5 Å². The molecule has 0 aliphatic heterocycles. The molecule has 1 atom stereocenters. The Morgan fingerprint density at radius 2 is 1.60 bits per heavy atom. The van der Waals surface area contributed by atoms with E-state index in [1.807, 2.05) is 6.07 Å². The first-order valence-corrected chi connectivity index (χ1v) is 7.64. The standard InChI is InChI=1S/C20H15F2NO2/c21-16-9-10-18(22)17(12-16)14-7-4-8-15(11-14)19(20(24)23-25)13-5-2-1-3-6-13/h1-12,19,25H,(H,23,24). The van der Waals surface area contributed by atoms with Gasteiger partial charge in [0.25, 0.3) is 5.91 Å². The lowest BCUT2D eigenvalue weighted by atomic mass is 9.89. The van der Waals surface area contributed by atoms with E-state index in [0.29, 0.717) is 16.7 Å². The molecule has 0 bridgehead atoms. The first kappa shape index (κ1) is 16.8. The second-order valence-electron chi connectivity index (χ2n) is 5.57. The van der Waals surface area contributed by atoms with E-state index >= 15 is 0 Å². The van der Waals surface area contributed by atoms with Crippen LogP contribution in [0.15, 0.2) is 72.8 Å². The zero-order chi connectivity index (χ0) is 17.8. The molecule has 0 saturated carbocycles. The molecular formula is C20H15F2NO2. The monoisotopic (exact) mass is 339 g/mol. The van der Waals surface area contributed by atoms with Crippen molar-refractivity contribution >= 4 is 5.91 Å². The maximum Gasteiger partial charge on any atom is 0.255 e. The van der Waals surface area contributed by atoms with Crippen molar-refractivity contribution in [3.63, 3.8) is 0 Å². The fourth-order valence-corrected chi connectivity index (χ4v) is 2.81. The predicted octanol–water partition coefficient (Wildman–Crippen LogP) is 4.27. The summed E-state index contributed by atoms with van der Waals surface area (Å²) in [7, 11) is 0. The topological polar surface area (TPSA) is 49.3 Å². The summed E-state index contributed by atoms with van der Waals surface area (Å²) in [4.78, 5) is 12.2. The highest BCUT2D eigenvalue weighted by molar-refractivity contribution is 5.86. The van der Waals surface area contributed by atoms with Crippen LogP contribution in [0.25, 0.3) is 11.1 Å². The summed E-state index contributed by atoms with van der Waals surface area (Å²) in [6, 6.07) is 18.7. The summed E-state index contributed by atoms with van der Waals surface area (Å²) in [6.07, 6.45) is 0. The van der Waals surface area contributed by atoms with E-state index in [9.17, 15) is 13.6 Å². The smallest absolute Gasteiger partial charge is 0.255 e. The summed E-state index contributed by atoms with van der Waals surface area (Å²) in [6.45, 7) is 0. The van der Waals surface area contributed by atoms with Gasteiger partial charge in [-0.05, 0) is 41.0 Å². The van der Waals surface area contributed by atoms with Gasteiger partial charge < -0.3 is 0 Å². The van der Waals surface area contributed by atoms with Crippen molar-refractivity contribution in [3.8, 4) is 11.1 Å². The largest absolute Gasteiger partial charge is 0.289 e. The van der Waals surface area contributed by atoms with Crippen LogP contribution < -0.4 is 5.48 Å². The summed E-state index contributed by atoms with van der Waals surface area (Å²) in [5.41, 5.74) is 3.45. The van der Waals surface area contributed by atoms with Gasteiger partial charge in [-0.2, -0.15) is 0 Å². The molecule has 0 aliphatic carbocycles. The molecule has 0 spiro atoms. The molecule has 5 heteroatoms. The van der Waals surface area contributed by atoms with Crippen molar-refractivity contribution in [1.82, 2.24) is 5.48 Å². The Balaban J connectivity index is 2.10. The third-order valence-electron chi connectivity index (χ3n) is 3.96. The molecule has 126 valence electrons. The van der Waals surface area contributed by atoms with Gasteiger partial charge in [-0.3, -0.25) is 10.0 Å². The lowest BCUT2D eigenvalue weighted by molar-refractivity contribution is -0.129. The van der Waals surface area contributed by atoms with Crippen molar-refractivity contribution < 1.29 is 18.8 Å².